The molecular weight excluding hydrogens is 216 g/mol. The van der Waals surface area contributed by atoms with Crippen molar-refractivity contribution in [2.45, 2.75) is 65.6 Å². The highest BCUT2D eigenvalue weighted by atomic mass is 16.3. The number of aliphatic hydroxyl groups is 1. The molecule has 0 heterocycles. The summed E-state index contributed by atoms with van der Waals surface area (Å²) in [5, 5.41) is 15.6. The first-order valence-electron chi connectivity index (χ1n) is 6.58. The van der Waals surface area contributed by atoms with Crippen molar-refractivity contribution in [3.8, 4) is 0 Å². The zero-order valence-electron chi connectivity index (χ0n) is 11.8. The summed E-state index contributed by atoms with van der Waals surface area (Å²) < 4.78 is 0. The second-order valence-electron chi connectivity index (χ2n) is 5.23. The van der Waals surface area contributed by atoms with Crippen LogP contribution in [0.25, 0.3) is 0 Å². The van der Waals surface area contributed by atoms with Crippen molar-refractivity contribution in [1.82, 2.24) is 10.6 Å². The van der Waals surface area contributed by atoms with E-state index in [2.05, 4.69) is 24.5 Å². The molecule has 0 fully saturated rings. The van der Waals surface area contributed by atoms with Crippen LogP contribution in [0.3, 0.4) is 0 Å². The largest absolute Gasteiger partial charge is 0.392 e. The van der Waals surface area contributed by atoms with Gasteiger partial charge >= 0.3 is 0 Å². The first-order valence-corrected chi connectivity index (χ1v) is 6.58. The SMILES string of the molecule is CCC(C)NC(=O)C(C)NCC(O)CC(C)C. The van der Waals surface area contributed by atoms with Gasteiger partial charge in [-0.25, -0.2) is 0 Å². The number of carbonyl (C=O) groups is 1. The Morgan fingerprint density at radius 1 is 1.24 bits per heavy atom. The van der Waals surface area contributed by atoms with Crippen LogP contribution in [-0.4, -0.2) is 35.7 Å². The minimum Gasteiger partial charge on any atom is -0.392 e. The Hall–Kier alpha value is -0.610. The Bertz CT molecular complexity index is 219. The lowest BCUT2D eigenvalue weighted by molar-refractivity contribution is -0.123. The van der Waals surface area contributed by atoms with E-state index in [1.165, 1.54) is 0 Å². The van der Waals surface area contributed by atoms with Gasteiger partial charge in [0, 0.05) is 12.6 Å². The molecule has 3 atom stereocenters. The molecular formula is C13H28N2O2. The van der Waals surface area contributed by atoms with Gasteiger partial charge in [0.05, 0.1) is 12.1 Å². The highest BCUT2D eigenvalue weighted by Gasteiger charge is 2.15. The van der Waals surface area contributed by atoms with Crippen molar-refractivity contribution >= 4 is 5.91 Å². The van der Waals surface area contributed by atoms with E-state index in [1.807, 2.05) is 20.8 Å². The zero-order valence-corrected chi connectivity index (χ0v) is 11.8. The summed E-state index contributed by atoms with van der Waals surface area (Å²) >= 11 is 0. The summed E-state index contributed by atoms with van der Waals surface area (Å²) in [5.74, 6) is 0.465. The molecule has 4 heteroatoms. The fourth-order valence-corrected chi connectivity index (χ4v) is 1.50. The Morgan fingerprint density at radius 2 is 1.82 bits per heavy atom. The molecule has 0 bridgehead atoms. The molecule has 0 aliphatic carbocycles. The van der Waals surface area contributed by atoms with Crippen LogP contribution in [0.4, 0.5) is 0 Å². The minimum atomic E-state index is -0.381. The van der Waals surface area contributed by atoms with Crippen molar-refractivity contribution in [2.24, 2.45) is 5.92 Å². The molecule has 3 unspecified atom stereocenters. The maximum Gasteiger partial charge on any atom is 0.237 e. The Labute approximate surface area is 105 Å². The standard InChI is InChI=1S/C13H28N2O2/c1-6-10(4)15-13(17)11(5)14-8-12(16)7-9(2)3/h9-12,14,16H,6-8H2,1-5H3,(H,15,17). The molecule has 3 N–H and O–H groups in total. The van der Waals surface area contributed by atoms with Crippen molar-refractivity contribution < 1.29 is 9.90 Å². The van der Waals surface area contributed by atoms with Crippen molar-refractivity contribution in [2.75, 3.05) is 6.54 Å². The maximum absolute atomic E-state index is 11.7. The third-order valence-corrected chi connectivity index (χ3v) is 2.80. The number of carbonyl (C=O) groups excluding carboxylic acids is 1. The summed E-state index contributed by atoms with van der Waals surface area (Å²) in [6.07, 6.45) is 1.30. The Morgan fingerprint density at radius 3 is 2.29 bits per heavy atom. The quantitative estimate of drug-likeness (QED) is 0.603. The van der Waals surface area contributed by atoms with Crippen LogP contribution < -0.4 is 10.6 Å². The fourth-order valence-electron chi connectivity index (χ4n) is 1.50. The smallest absolute Gasteiger partial charge is 0.237 e. The lowest BCUT2D eigenvalue weighted by Gasteiger charge is -2.20. The van der Waals surface area contributed by atoms with Crippen molar-refractivity contribution in [1.29, 1.82) is 0 Å². The van der Waals surface area contributed by atoms with E-state index in [0.717, 1.165) is 12.8 Å². The summed E-state index contributed by atoms with van der Waals surface area (Å²) in [7, 11) is 0. The first kappa shape index (κ1) is 16.4. The molecule has 1 amide bonds. The molecule has 0 aromatic carbocycles. The van der Waals surface area contributed by atoms with Crippen LogP contribution in [0.2, 0.25) is 0 Å². The number of nitrogens with one attached hydrogen (secondary N) is 2. The van der Waals surface area contributed by atoms with Crippen LogP contribution in [0.1, 0.15) is 47.5 Å². The monoisotopic (exact) mass is 244 g/mol. The molecule has 0 saturated carbocycles. The highest BCUT2D eigenvalue weighted by Crippen LogP contribution is 2.03. The molecule has 0 aliphatic rings. The predicted octanol–water partition coefficient (Wildman–Crippen LogP) is 1.29. The maximum atomic E-state index is 11.7. The van der Waals surface area contributed by atoms with Gasteiger partial charge in [-0.05, 0) is 32.6 Å². The number of hydrogen-bond donors (Lipinski definition) is 3. The number of rotatable bonds is 8. The molecule has 0 aromatic heterocycles. The van der Waals surface area contributed by atoms with Gasteiger partial charge in [-0.3, -0.25) is 4.79 Å². The minimum absolute atomic E-state index is 0.00361. The predicted molar refractivity (Wildman–Crippen MR) is 70.8 cm³/mol. The van der Waals surface area contributed by atoms with Gasteiger partial charge in [0.1, 0.15) is 0 Å². The third kappa shape index (κ3) is 8.16. The Kier molecular flexibility index (Phi) is 8.17. The van der Waals surface area contributed by atoms with Gasteiger partial charge in [-0.15, -0.1) is 0 Å². The van der Waals surface area contributed by atoms with Gasteiger partial charge in [0.15, 0.2) is 0 Å². The topological polar surface area (TPSA) is 61.4 Å². The summed E-state index contributed by atoms with van der Waals surface area (Å²) in [5.41, 5.74) is 0. The summed E-state index contributed by atoms with van der Waals surface area (Å²) in [6.45, 7) is 10.4. The normalized spacial score (nSPS) is 16.6. The van der Waals surface area contributed by atoms with Crippen molar-refractivity contribution in [3.05, 3.63) is 0 Å². The van der Waals surface area contributed by atoms with Crippen LogP contribution in [0, 0.1) is 5.92 Å². The second-order valence-corrected chi connectivity index (χ2v) is 5.23. The summed E-state index contributed by atoms with van der Waals surface area (Å²) in [6, 6.07) is -0.0573. The van der Waals surface area contributed by atoms with Crippen LogP contribution in [0.15, 0.2) is 0 Å². The molecule has 0 saturated heterocycles. The Balaban J connectivity index is 3.84. The van der Waals surface area contributed by atoms with E-state index >= 15 is 0 Å². The van der Waals surface area contributed by atoms with E-state index in [-0.39, 0.29) is 24.1 Å². The van der Waals surface area contributed by atoms with E-state index < -0.39 is 0 Å². The first-order chi connectivity index (χ1) is 7.86. The zero-order chi connectivity index (χ0) is 13.4. The average Bonchev–Trinajstić information content (AvgIpc) is 2.24. The van der Waals surface area contributed by atoms with Crippen LogP contribution >= 0.6 is 0 Å². The fraction of sp³-hybridized carbons (Fsp3) is 0.923. The summed E-state index contributed by atoms with van der Waals surface area (Å²) in [4.78, 5) is 11.7. The molecule has 0 rings (SSSR count). The van der Waals surface area contributed by atoms with E-state index in [4.69, 9.17) is 0 Å². The van der Waals surface area contributed by atoms with Crippen LogP contribution in [-0.2, 0) is 4.79 Å². The van der Waals surface area contributed by atoms with Gasteiger partial charge in [0.2, 0.25) is 5.91 Å². The van der Waals surface area contributed by atoms with Gasteiger partial charge in [-0.2, -0.15) is 0 Å². The molecule has 0 radical (unpaired) electrons. The van der Waals surface area contributed by atoms with Crippen LogP contribution in [0.5, 0.6) is 0 Å². The second kappa shape index (κ2) is 8.48. The van der Waals surface area contributed by atoms with Gasteiger partial charge in [0.25, 0.3) is 0 Å². The average molecular weight is 244 g/mol. The molecule has 0 spiro atoms. The van der Waals surface area contributed by atoms with E-state index in [1.54, 1.807) is 0 Å². The molecule has 17 heavy (non-hydrogen) atoms. The van der Waals surface area contributed by atoms with Crippen molar-refractivity contribution in [3.63, 3.8) is 0 Å². The highest BCUT2D eigenvalue weighted by molar-refractivity contribution is 5.81. The van der Waals surface area contributed by atoms with E-state index in [9.17, 15) is 9.90 Å². The molecule has 4 nitrogen and oxygen atoms in total. The number of amides is 1. The number of aliphatic hydroxyl groups excluding tert-OH is 1. The lowest BCUT2D eigenvalue weighted by Crippen LogP contribution is -2.47. The van der Waals surface area contributed by atoms with Gasteiger partial charge in [-0.1, -0.05) is 20.8 Å². The van der Waals surface area contributed by atoms with E-state index in [0.29, 0.717) is 12.5 Å². The molecule has 0 aromatic rings. The third-order valence-electron chi connectivity index (χ3n) is 2.80. The molecule has 102 valence electrons. The lowest BCUT2D eigenvalue weighted by atomic mass is 10.1. The van der Waals surface area contributed by atoms with Gasteiger partial charge < -0.3 is 15.7 Å². The molecule has 0 aliphatic heterocycles. The number of hydrogen-bond acceptors (Lipinski definition) is 3.